The lowest BCUT2D eigenvalue weighted by Crippen LogP contribution is -2.48. The molecule has 1 atom stereocenters. The van der Waals surface area contributed by atoms with Crippen molar-refractivity contribution in [1.29, 1.82) is 0 Å². The molecule has 3 rings (SSSR count). The first-order chi connectivity index (χ1) is 14.4. The molecule has 3 N–H and O–H groups in total. The van der Waals surface area contributed by atoms with E-state index in [0.717, 1.165) is 32.4 Å². The Hall–Kier alpha value is -3.36. The third-order valence-electron chi connectivity index (χ3n) is 5.06. The number of nitrogens with one attached hydrogen (secondary N) is 1. The van der Waals surface area contributed by atoms with Gasteiger partial charge in [-0.2, -0.15) is 5.10 Å². The average Bonchev–Trinajstić information content (AvgIpc) is 3.15. The van der Waals surface area contributed by atoms with Gasteiger partial charge in [-0.05, 0) is 57.4 Å². The molecule has 30 heavy (non-hydrogen) atoms. The minimum atomic E-state index is -0.593. The highest BCUT2D eigenvalue weighted by Gasteiger charge is 2.24. The van der Waals surface area contributed by atoms with E-state index in [4.69, 9.17) is 10.5 Å². The number of ether oxygens (including phenoxy) is 1. The fraction of sp³-hybridized carbons (Fsp3) is 0.429. The molecule has 1 fully saturated rings. The highest BCUT2D eigenvalue weighted by atomic mass is 16.5. The van der Waals surface area contributed by atoms with Gasteiger partial charge in [0.1, 0.15) is 17.4 Å². The van der Waals surface area contributed by atoms with Gasteiger partial charge in [-0.3, -0.25) is 9.59 Å². The molecule has 9 heteroatoms. The minimum absolute atomic E-state index is 0.0597. The number of carbonyl (C=O) groups is 3. The Kier molecular flexibility index (Phi) is 6.71. The summed E-state index contributed by atoms with van der Waals surface area (Å²) in [7, 11) is 0. The van der Waals surface area contributed by atoms with Gasteiger partial charge in [0, 0.05) is 18.7 Å². The van der Waals surface area contributed by atoms with E-state index in [1.807, 2.05) is 0 Å². The van der Waals surface area contributed by atoms with Crippen LogP contribution in [-0.2, 0) is 9.53 Å². The van der Waals surface area contributed by atoms with Gasteiger partial charge >= 0.3 is 5.97 Å². The predicted octanol–water partition coefficient (Wildman–Crippen LogP) is 1.76. The van der Waals surface area contributed by atoms with Crippen molar-refractivity contribution in [2.75, 3.05) is 25.4 Å². The summed E-state index contributed by atoms with van der Waals surface area (Å²) in [5, 5.41) is 6.89. The van der Waals surface area contributed by atoms with Crippen LogP contribution in [0.25, 0.3) is 5.69 Å². The number of hydrogen-bond acceptors (Lipinski definition) is 6. The van der Waals surface area contributed by atoms with E-state index in [1.165, 1.54) is 10.9 Å². The molecule has 160 valence electrons. The van der Waals surface area contributed by atoms with Gasteiger partial charge in [0.25, 0.3) is 5.91 Å². The van der Waals surface area contributed by atoms with E-state index >= 15 is 0 Å². The lowest BCUT2D eigenvalue weighted by Gasteiger charge is -2.29. The summed E-state index contributed by atoms with van der Waals surface area (Å²) < 4.78 is 6.35. The monoisotopic (exact) mass is 413 g/mol. The second-order valence-electron chi connectivity index (χ2n) is 7.20. The van der Waals surface area contributed by atoms with Crippen LogP contribution in [0.5, 0.6) is 0 Å². The van der Waals surface area contributed by atoms with Crippen LogP contribution in [0.2, 0.25) is 0 Å². The van der Waals surface area contributed by atoms with Crippen LogP contribution in [0.3, 0.4) is 0 Å². The number of nitrogens with zero attached hydrogens (tertiary/aromatic N) is 3. The summed E-state index contributed by atoms with van der Waals surface area (Å²) in [6.45, 7) is 5.14. The summed E-state index contributed by atoms with van der Waals surface area (Å²) >= 11 is 0. The Morgan fingerprint density at radius 1 is 1.17 bits per heavy atom. The zero-order valence-corrected chi connectivity index (χ0v) is 17.3. The molecule has 2 heterocycles. The van der Waals surface area contributed by atoms with Crippen LogP contribution in [-0.4, -0.2) is 58.2 Å². The van der Waals surface area contributed by atoms with Crippen molar-refractivity contribution in [3.8, 4) is 5.69 Å². The first-order valence-corrected chi connectivity index (χ1v) is 10.1. The fourth-order valence-corrected chi connectivity index (χ4v) is 3.41. The standard InChI is InChI=1S/C21H27N5O4/c1-3-30-21(29)17-13-23-26(18(17)22)16-9-7-15(8-10-16)19(27)24-14(2)20(28)25-11-5-4-6-12-25/h7-10,13-14H,3-6,11-12,22H2,1-2H3,(H,24,27)/t14-/m0/s1. The average molecular weight is 413 g/mol. The van der Waals surface area contributed by atoms with E-state index < -0.39 is 12.0 Å². The normalized spacial score (nSPS) is 14.8. The van der Waals surface area contributed by atoms with Crippen LogP contribution < -0.4 is 11.1 Å². The van der Waals surface area contributed by atoms with Crippen molar-refractivity contribution in [3.63, 3.8) is 0 Å². The highest BCUT2D eigenvalue weighted by Crippen LogP contribution is 2.19. The van der Waals surface area contributed by atoms with Crippen molar-refractivity contribution in [2.45, 2.75) is 39.2 Å². The zero-order chi connectivity index (χ0) is 21.7. The van der Waals surface area contributed by atoms with E-state index in [2.05, 4.69) is 10.4 Å². The quantitative estimate of drug-likeness (QED) is 0.697. The molecule has 1 saturated heterocycles. The van der Waals surface area contributed by atoms with Crippen molar-refractivity contribution in [1.82, 2.24) is 20.0 Å². The molecule has 0 spiro atoms. The zero-order valence-electron chi connectivity index (χ0n) is 17.3. The predicted molar refractivity (Wildman–Crippen MR) is 111 cm³/mol. The van der Waals surface area contributed by atoms with Gasteiger partial charge in [0.2, 0.25) is 5.91 Å². The van der Waals surface area contributed by atoms with E-state index in [-0.39, 0.29) is 29.8 Å². The number of rotatable bonds is 6. The van der Waals surface area contributed by atoms with Crippen LogP contribution >= 0.6 is 0 Å². The van der Waals surface area contributed by atoms with Crippen LogP contribution in [0.15, 0.2) is 30.5 Å². The third-order valence-corrected chi connectivity index (χ3v) is 5.06. The maximum atomic E-state index is 12.5. The van der Waals surface area contributed by atoms with Gasteiger partial charge in [0.05, 0.1) is 18.5 Å². The number of hydrogen-bond donors (Lipinski definition) is 2. The molecule has 1 aliphatic rings. The number of aromatic nitrogens is 2. The molecule has 9 nitrogen and oxygen atoms in total. The van der Waals surface area contributed by atoms with Gasteiger partial charge in [-0.25, -0.2) is 9.48 Å². The molecule has 0 saturated carbocycles. The molecule has 2 aromatic rings. The molecular formula is C21H27N5O4. The molecule has 2 amide bonds. The number of benzene rings is 1. The topological polar surface area (TPSA) is 120 Å². The molecule has 0 unspecified atom stereocenters. The van der Waals surface area contributed by atoms with Crippen molar-refractivity contribution < 1.29 is 19.1 Å². The maximum absolute atomic E-state index is 12.5. The summed E-state index contributed by atoms with van der Waals surface area (Å²) in [5.74, 6) is -0.772. The summed E-state index contributed by atoms with van der Waals surface area (Å²) in [5.41, 5.74) is 7.20. The van der Waals surface area contributed by atoms with Crippen molar-refractivity contribution in [3.05, 3.63) is 41.6 Å². The largest absolute Gasteiger partial charge is 0.462 e. The van der Waals surface area contributed by atoms with Crippen molar-refractivity contribution >= 4 is 23.6 Å². The van der Waals surface area contributed by atoms with Crippen molar-refractivity contribution in [2.24, 2.45) is 0 Å². The summed E-state index contributed by atoms with van der Waals surface area (Å²) in [6, 6.07) is 5.99. The van der Waals surface area contributed by atoms with Gasteiger partial charge in [0.15, 0.2) is 0 Å². The fourth-order valence-electron chi connectivity index (χ4n) is 3.41. The Labute approximate surface area is 175 Å². The van der Waals surface area contributed by atoms with E-state index in [0.29, 0.717) is 11.3 Å². The molecular weight excluding hydrogens is 386 g/mol. The highest BCUT2D eigenvalue weighted by molar-refractivity contribution is 5.97. The first kappa shape index (κ1) is 21.4. The lowest BCUT2D eigenvalue weighted by molar-refractivity contribution is -0.133. The Balaban J connectivity index is 1.66. The molecule has 0 bridgehead atoms. The number of nitrogens with two attached hydrogens (primary N) is 1. The molecule has 0 radical (unpaired) electrons. The van der Waals surface area contributed by atoms with Gasteiger partial charge < -0.3 is 20.7 Å². The first-order valence-electron chi connectivity index (χ1n) is 10.1. The number of anilines is 1. The minimum Gasteiger partial charge on any atom is -0.462 e. The SMILES string of the molecule is CCOC(=O)c1cnn(-c2ccc(C(=O)N[C@@H](C)C(=O)N3CCCCC3)cc2)c1N. The second-order valence-corrected chi connectivity index (χ2v) is 7.20. The van der Waals surface area contributed by atoms with Crippen LogP contribution in [0.1, 0.15) is 53.8 Å². The maximum Gasteiger partial charge on any atom is 0.343 e. The number of amides is 2. The molecule has 1 aromatic carbocycles. The smallest absolute Gasteiger partial charge is 0.343 e. The van der Waals surface area contributed by atoms with Crippen LogP contribution in [0, 0.1) is 0 Å². The third kappa shape index (κ3) is 4.61. The van der Waals surface area contributed by atoms with Gasteiger partial charge in [-0.15, -0.1) is 0 Å². The number of carbonyl (C=O) groups excluding carboxylic acids is 3. The Morgan fingerprint density at radius 3 is 2.47 bits per heavy atom. The van der Waals surface area contributed by atoms with Gasteiger partial charge in [-0.1, -0.05) is 0 Å². The summed E-state index contributed by atoms with van der Waals surface area (Å²) in [4.78, 5) is 38.7. The molecule has 0 aliphatic carbocycles. The van der Waals surface area contributed by atoms with Crippen LogP contribution in [0.4, 0.5) is 5.82 Å². The number of piperidine rings is 1. The number of likely N-dealkylation sites (tertiary alicyclic amines) is 1. The Morgan fingerprint density at radius 2 is 1.83 bits per heavy atom. The van der Waals surface area contributed by atoms with E-state index in [1.54, 1.807) is 43.0 Å². The van der Waals surface area contributed by atoms with E-state index in [9.17, 15) is 14.4 Å². The Bertz CT molecular complexity index is 916. The molecule has 1 aromatic heterocycles. The second kappa shape index (κ2) is 9.43. The number of nitrogen functional groups attached to an aromatic ring is 1. The lowest BCUT2D eigenvalue weighted by atomic mass is 10.1. The number of esters is 1. The summed E-state index contributed by atoms with van der Waals surface area (Å²) in [6.07, 6.45) is 4.49. The molecule has 1 aliphatic heterocycles.